The van der Waals surface area contributed by atoms with Crippen molar-refractivity contribution in [2.75, 3.05) is 20.6 Å². The van der Waals surface area contributed by atoms with Crippen LogP contribution in [-0.2, 0) is 10.0 Å². The van der Waals surface area contributed by atoms with Gasteiger partial charge in [-0.1, -0.05) is 36.4 Å². The maximum absolute atomic E-state index is 13.2. The zero-order valence-electron chi connectivity index (χ0n) is 15.2. The average Bonchev–Trinajstić information content (AvgIpc) is 2.61. The Hall–Kier alpha value is -2.28. The van der Waals surface area contributed by atoms with Crippen LogP contribution in [0.3, 0.4) is 0 Å². The molecule has 0 spiro atoms. The molecule has 3 rings (SSSR count). The zero-order chi connectivity index (χ0) is 18.7. The molecular formula is C20H23N3O2S. The van der Waals surface area contributed by atoms with E-state index in [1.165, 1.54) is 0 Å². The molecule has 0 amide bonds. The van der Waals surface area contributed by atoms with E-state index in [0.717, 1.165) is 11.1 Å². The number of benzene rings is 2. The highest BCUT2D eigenvalue weighted by Crippen LogP contribution is 2.26. The van der Waals surface area contributed by atoms with Crippen molar-refractivity contribution in [3.8, 4) is 0 Å². The van der Waals surface area contributed by atoms with Crippen LogP contribution >= 0.6 is 0 Å². The lowest BCUT2D eigenvalue weighted by Gasteiger charge is -2.23. The first-order valence-corrected chi connectivity index (χ1v) is 9.93. The summed E-state index contributed by atoms with van der Waals surface area (Å²) in [4.78, 5) is 6.56. The van der Waals surface area contributed by atoms with Gasteiger partial charge in [-0.3, -0.25) is 4.98 Å². The number of fused-ring (bicyclic) bond motifs is 1. The van der Waals surface area contributed by atoms with Crippen molar-refractivity contribution in [1.29, 1.82) is 0 Å². The fraction of sp³-hybridized carbons (Fsp3) is 0.250. The number of aryl methyl sites for hydroxylation is 1. The lowest BCUT2D eigenvalue weighted by Crippen LogP contribution is -2.35. The summed E-state index contributed by atoms with van der Waals surface area (Å²) in [7, 11) is 0.139. The van der Waals surface area contributed by atoms with Crippen LogP contribution in [0.1, 0.15) is 17.2 Å². The Morgan fingerprint density at radius 1 is 1.04 bits per heavy atom. The zero-order valence-corrected chi connectivity index (χ0v) is 16.0. The van der Waals surface area contributed by atoms with Crippen molar-refractivity contribution in [3.63, 3.8) is 0 Å². The third kappa shape index (κ3) is 3.93. The highest BCUT2D eigenvalue weighted by molar-refractivity contribution is 7.89. The fourth-order valence-electron chi connectivity index (χ4n) is 3.03. The summed E-state index contributed by atoms with van der Waals surface area (Å²) < 4.78 is 29.2. The molecule has 0 saturated carbocycles. The van der Waals surface area contributed by atoms with Gasteiger partial charge in [0.2, 0.25) is 10.0 Å². The van der Waals surface area contributed by atoms with Crippen LogP contribution in [0, 0.1) is 6.92 Å². The minimum absolute atomic E-state index is 0.255. The minimum Gasteiger partial charge on any atom is -0.307 e. The molecule has 0 saturated heterocycles. The summed E-state index contributed by atoms with van der Waals surface area (Å²) in [6.07, 6.45) is 1.68. The van der Waals surface area contributed by atoms with Gasteiger partial charge in [0.1, 0.15) is 0 Å². The molecule has 0 fully saturated rings. The summed E-state index contributed by atoms with van der Waals surface area (Å²) in [6, 6.07) is 16.3. The topological polar surface area (TPSA) is 62.3 Å². The van der Waals surface area contributed by atoms with Crippen molar-refractivity contribution >= 4 is 20.9 Å². The molecule has 5 nitrogen and oxygen atoms in total. The second-order valence-corrected chi connectivity index (χ2v) is 8.31. The Morgan fingerprint density at radius 2 is 1.77 bits per heavy atom. The molecule has 1 unspecified atom stereocenters. The van der Waals surface area contributed by atoms with Crippen LogP contribution in [0.4, 0.5) is 0 Å². The van der Waals surface area contributed by atoms with Gasteiger partial charge < -0.3 is 4.90 Å². The molecule has 136 valence electrons. The monoisotopic (exact) mass is 369 g/mol. The van der Waals surface area contributed by atoms with Gasteiger partial charge >= 0.3 is 0 Å². The Labute approximate surface area is 154 Å². The molecule has 26 heavy (non-hydrogen) atoms. The van der Waals surface area contributed by atoms with Gasteiger partial charge in [-0.2, -0.15) is 0 Å². The van der Waals surface area contributed by atoms with E-state index in [-0.39, 0.29) is 10.9 Å². The van der Waals surface area contributed by atoms with Crippen LogP contribution in [0.25, 0.3) is 10.9 Å². The predicted molar refractivity (Wildman–Crippen MR) is 105 cm³/mol. The van der Waals surface area contributed by atoms with Crippen LogP contribution in [0.2, 0.25) is 0 Å². The third-order valence-corrected chi connectivity index (χ3v) is 5.80. The van der Waals surface area contributed by atoms with Crippen LogP contribution in [-0.4, -0.2) is 38.9 Å². The Kier molecular flexibility index (Phi) is 5.36. The first-order chi connectivity index (χ1) is 12.4. The molecule has 1 heterocycles. The van der Waals surface area contributed by atoms with Gasteiger partial charge in [-0.25, -0.2) is 13.1 Å². The molecule has 6 heteroatoms. The van der Waals surface area contributed by atoms with Gasteiger partial charge in [0.05, 0.1) is 16.5 Å². The van der Waals surface area contributed by atoms with E-state index >= 15 is 0 Å². The lowest BCUT2D eigenvalue weighted by atomic mass is 10.1. The molecular weight excluding hydrogens is 346 g/mol. The maximum Gasteiger partial charge on any atom is 0.241 e. The first-order valence-electron chi connectivity index (χ1n) is 8.45. The lowest BCUT2D eigenvalue weighted by molar-refractivity contribution is 0.363. The van der Waals surface area contributed by atoms with E-state index in [0.29, 0.717) is 17.4 Å². The number of nitrogens with one attached hydrogen (secondary N) is 1. The summed E-state index contributed by atoms with van der Waals surface area (Å²) in [5, 5.41) is 0.636. The van der Waals surface area contributed by atoms with Crippen LogP contribution < -0.4 is 4.72 Å². The van der Waals surface area contributed by atoms with Gasteiger partial charge in [-0.05, 0) is 50.3 Å². The van der Waals surface area contributed by atoms with Gasteiger partial charge in [0.25, 0.3) is 0 Å². The van der Waals surface area contributed by atoms with Gasteiger partial charge in [0.15, 0.2) is 0 Å². The molecule has 0 aliphatic heterocycles. The molecule has 3 aromatic rings. The second-order valence-electron chi connectivity index (χ2n) is 6.63. The maximum atomic E-state index is 13.2. The summed E-state index contributed by atoms with van der Waals surface area (Å²) >= 11 is 0. The minimum atomic E-state index is -3.71. The second kappa shape index (κ2) is 7.53. The molecule has 0 radical (unpaired) electrons. The van der Waals surface area contributed by atoms with Crippen molar-refractivity contribution in [2.45, 2.75) is 17.9 Å². The van der Waals surface area contributed by atoms with Crippen LogP contribution in [0.15, 0.2) is 65.7 Å². The molecule has 1 atom stereocenters. The Bertz CT molecular complexity index is 1000. The molecule has 1 N–H and O–H groups in total. The summed E-state index contributed by atoms with van der Waals surface area (Å²) in [6.45, 7) is 2.49. The molecule has 1 aromatic heterocycles. The highest BCUT2D eigenvalue weighted by Gasteiger charge is 2.24. The predicted octanol–water partition coefficient (Wildman–Crippen LogP) is 3.12. The number of sulfonamides is 1. The third-order valence-electron chi connectivity index (χ3n) is 4.27. The Morgan fingerprint density at radius 3 is 2.46 bits per heavy atom. The van der Waals surface area contributed by atoms with E-state index < -0.39 is 10.0 Å². The normalized spacial score (nSPS) is 13.2. The number of pyridine rings is 1. The largest absolute Gasteiger partial charge is 0.307 e. The number of hydrogen-bond acceptors (Lipinski definition) is 4. The van der Waals surface area contributed by atoms with Crippen molar-refractivity contribution in [1.82, 2.24) is 14.6 Å². The molecule has 0 aliphatic carbocycles. The van der Waals surface area contributed by atoms with Gasteiger partial charge in [-0.15, -0.1) is 0 Å². The first kappa shape index (κ1) is 18.5. The number of nitrogens with zero attached hydrogens (tertiary/aromatic N) is 2. The van der Waals surface area contributed by atoms with Crippen molar-refractivity contribution < 1.29 is 8.42 Å². The number of likely N-dealkylation sites (N-methyl/N-ethyl adjacent to an activating group) is 1. The van der Waals surface area contributed by atoms with E-state index in [2.05, 4.69) is 9.71 Å². The van der Waals surface area contributed by atoms with E-state index in [4.69, 9.17) is 0 Å². The quantitative estimate of drug-likeness (QED) is 0.725. The highest BCUT2D eigenvalue weighted by atomic mass is 32.2. The van der Waals surface area contributed by atoms with Crippen LogP contribution in [0.5, 0.6) is 0 Å². The number of hydrogen-bond donors (Lipinski definition) is 1. The standard InChI is InChI=1S/C20H23N3O2S/c1-15-11-12-19(17-10-7-13-21-20(15)17)26(24,25)22-18(14-23(2)3)16-8-5-4-6-9-16/h4-13,18,22H,14H2,1-3H3. The smallest absolute Gasteiger partial charge is 0.241 e. The Balaban J connectivity index is 2.03. The molecule has 2 aromatic carbocycles. The average molecular weight is 369 g/mol. The fourth-order valence-corrected chi connectivity index (χ4v) is 4.45. The van der Waals surface area contributed by atoms with Crippen molar-refractivity contribution in [2.24, 2.45) is 0 Å². The van der Waals surface area contributed by atoms with E-state index in [9.17, 15) is 8.42 Å². The summed E-state index contributed by atoms with van der Waals surface area (Å²) in [5.74, 6) is 0. The van der Waals surface area contributed by atoms with E-state index in [1.807, 2.05) is 56.3 Å². The van der Waals surface area contributed by atoms with Gasteiger partial charge in [0, 0.05) is 18.1 Å². The van der Waals surface area contributed by atoms with Crippen molar-refractivity contribution in [3.05, 3.63) is 71.9 Å². The molecule has 0 bridgehead atoms. The number of rotatable bonds is 6. The molecule has 0 aliphatic rings. The SMILES string of the molecule is Cc1ccc(S(=O)(=O)NC(CN(C)C)c2ccccc2)c2cccnc12. The summed E-state index contributed by atoms with van der Waals surface area (Å²) in [5.41, 5.74) is 2.59. The van der Waals surface area contributed by atoms with E-state index in [1.54, 1.807) is 30.5 Å². The number of aromatic nitrogens is 1.